The summed E-state index contributed by atoms with van der Waals surface area (Å²) >= 11 is 1.50. The van der Waals surface area contributed by atoms with Crippen molar-refractivity contribution in [3.8, 4) is 0 Å². The zero-order valence-corrected chi connectivity index (χ0v) is 7.50. The fraction of sp³-hybridized carbons (Fsp3) is 0.571. The van der Waals surface area contributed by atoms with Crippen LogP contribution >= 0.6 is 11.3 Å². The molecule has 4 nitrogen and oxygen atoms in total. The average molecular weight is 188 g/mol. The Morgan fingerprint density at radius 1 is 1.33 bits per heavy atom. The summed E-state index contributed by atoms with van der Waals surface area (Å²) in [6.07, 6.45) is 1.71. The monoisotopic (exact) mass is 188 g/mol. The molecule has 5 heteroatoms. The number of aliphatic hydroxyl groups excluding tert-OH is 2. The Morgan fingerprint density at radius 2 is 2.00 bits per heavy atom. The fourth-order valence-corrected chi connectivity index (χ4v) is 1.61. The minimum absolute atomic E-state index is 0.0829. The largest absolute Gasteiger partial charge is 0.395 e. The maximum Gasteiger partial charge on any atom is 0.185 e. The van der Waals surface area contributed by atoms with Crippen molar-refractivity contribution in [3.63, 3.8) is 0 Å². The Kier molecular flexibility index (Phi) is 3.99. The highest BCUT2D eigenvalue weighted by atomic mass is 32.1. The number of nitrogens with zero attached hydrogens (tertiary/aromatic N) is 2. The first kappa shape index (κ1) is 9.44. The van der Waals surface area contributed by atoms with Gasteiger partial charge in [-0.3, -0.25) is 0 Å². The second kappa shape index (κ2) is 5.08. The molecule has 0 aliphatic rings. The molecule has 0 aliphatic heterocycles. The molecule has 1 aromatic rings. The predicted molar refractivity (Wildman–Crippen MR) is 48.5 cm³/mol. The summed E-state index contributed by atoms with van der Waals surface area (Å²) in [5.74, 6) is 0. The van der Waals surface area contributed by atoms with Crippen LogP contribution in [0.5, 0.6) is 0 Å². The summed E-state index contributed by atoms with van der Waals surface area (Å²) in [5, 5.41) is 20.1. The molecule has 0 fully saturated rings. The molecule has 1 aromatic heterocycles. The average Bonchev–Trinajstić information content (AvgIpc) is 2.56. The molecule has 0 bridgehead atoms. The van der Waals surface area contributed by atoms with Crippen molar-refractivity contribution in [2.75, 3.05) is 31.2 Å². The van der Waals surface area contributed by atoms with Crippen LogP contribution in [0.3, 0.4) is 0 Å². The van der Waals surface area contributed by atoms with Gasteiger partial charge in [0.05, 0.1) is 13.2 Å². The molecule has 0 unspecified atom stereocenters. The molecule has 2 N–H and O–H groups in total. The SMILES string of the molecule is OCCN(CCO)c1nccs1. The van der Waals surface area contributed by atoms with E-state index in [-0.39, 0.29) is 13.2 Å². The number of aliphatic hydroxyl groups is 2. The van der Waals surface area contributed by atoms with Crippen LogP contribution in [-0.2, 0) is 0 Å². The molecule has 12 heavy (non-hydrogen) atoms. The lowest BCUT2D eigenvalue weighted by atomic mass is 10.5. The minimum atomic E-state index is 0.0829. The molecular formula is C7H12N2O2S. The molecule has 1 rings (SSSR count). The third-order valence-corrected chi connectivity index (χ3v) is 2.26. The third-order valence-electron chi connectivity index (χ3n) is 1.43. The predicted octanol–water partition coefficient (Wildman–Crippen LogP) is -0.0659. The van der Waals surface area contributed by atoms with E-state index in [4.69, 9.17) is 10.2 Å². The maximum absolute atomic E-state index is 8.72. The van der Waals surface area contributed by atoms with Gasteiger partial charge in [0, 0.05) is 24.7 Å². The van der Waals surface area contributed by atoms with Gasteiger partial charge in [-0.1, -0.05) is 0 Å². The smallest absolute Gasteiger partial charge is 0.185 e. The lowest BCUT2D eigenvalue weighted by Crippen LogP contribution is -2.29. The minimum Gasteiger partial charge on any atom is -0.395 e. The molecule has 0 saturated heterocycles. The summed E-state index contributed by atoms with van der Waals surface area (Å²) < 4.78 is 0. The van der Waals surface area contributed by atoms with Gasteiger partial charge in [-0.2, -0.15) is 0 Å². The molecule has 0 radical (unpaired) electrons. The van der Waals surface area contributed by atoms with Crippen LogP contribution in [0, 0.1) is 0 Å². The Morgan fingerprint density at radius 3 is 2.42 bits per heavy atom. The highest BCUT2D eigenvalue weighted by molar-refractivity contribution is 7.13. The molecule has 0 saturated carbocycles. The number of anilines is 1. The molecule has 0 spiro atoms. The van der Waals surface area contributed by atoms with Crippen LogP contribution < -0.4 is 4.90 Å². The van der Waals surface area contributed by atoms with E-state index in [2.05, 4.69) is 4.98 Å². The van der Waals surface area contributed by atoms with Gasteiger partial charge >= 0.3 is 0 Å². The Balaban J connectivity index is 2.53. The van der Waals surface area contributed by atoms with Gasteiger partial charge in [0.25, 0.3) is 0 Å². The standard InChI is InChI=1S/C7H12N2O2S/c10-4-2-9(3-5-11)7-8-1-6-12-7/h1,6,10-11H,2-5H2. The second-order valence-corrected chi connectivity index (χ2v) is 3.12. The van der Waals surface area contributed by atoms with Crippen molar-refractivity contribution in [2.45, 2.75) is 0 Å². The molecule has 0 aliphatic carbocycles. The van der Waals surface area contributed by atoms with E-state index in [9.17, 15) is 0 Å². The van der Waals surface area contributed by atoms with Gasteiger partial charge < -0.3 is 15.1 Å². The van der Waals surface area contributed by atoms with Gasteiger partial charge in [-0.25, -0.2) is 4.98 Å². The van der Waals surface area contributed by atoms with Crippen LogP contribution in [0.15, 0.2) is 11.6 Å². The molecule has 68 valence electrons. The van der Waals surface area contributed by atoms with E-state index in [0.29, 0.717) is 13.1 Å². The number of thiazole rings is 1. The quantitative estimate of drug-likeness (QED) is 0.679. The van der Waals surface area contributed by atoms with E-state index in [1.165, 1.54) is 11.3 Å². The number of hydrogen-bond donors (Lipinski definition) is 2. The van der Waals surface area contributed by atoms with Crippen LogP contribution in [0.1, 0.15) is 0 Å². The van der Waals surface area contributed by atoms with E-state index in [1.807, 2.05) is 10.3 Å². The van der Waals surface area contributed by atoms with Crippen molar-refractivity contribution in [3.05, 3.63) is 11.6 Å². The summed E-state index contributed by atoms with van der Waals surface area (Å²) in [4.78, 5) is 5.93. The Hall–Kier alpha value is -0.650. The highest BCUT2D eigenvalue weighted by Crippen LogP contribution is 2.15. The van der Waals surface area contributed by atoms with Gasteiger partial charge in [0.2, 0.25) is 0 Å². The molecule has 0 aromatic carbocycles. The molecular weight excluding hydrogens is 176 g/mol. The van der Waals surface area contributed by atoms with Crippen LogP contribution in [-0.4, -0.2) is 41.5 Å². The van der Waals surface area contributed by atoms with Gasteiger partial charge in [0.15, 0.2) is 5.13 Å². The lowest BCUT2D eigenvalue weighted by molar-refractivity contribution is 0.281. The van der Waals surface area contributed by atoms with Crippen molar-refractivity contribution < 1.29 is 10.2 Å². The maximum atomic E-state index is 8.72. The van der Waals surface area contributed by atoms with Crippen molar-refractivity contribution in [1.29, 1.82) is 0 Å². The van der Waals surface area contributed by atoms with Gasteiger partial charge in [0.1, 0.15) is 0 Å². The number of aromatic nitrogens is 1. The lowest BCUT2D eigenvalue weighted by Gasteiger charge is -2.18. The zero-order valence-electron chi connectivity index (χ0n) is 6.68. The Bertz CT molecular complexity index is 197. The molecule has 0 amide bonds. The summed E-state index contributed by atoms with van der Waals surface area (Å²) in [6, 6.07) is 0. The van der Waals surface area contributed by atoms with E-state index < -0.39 is 0 Å². The number of rotatable bonds is 5. The summed E-state index contributed by atoms with van der Waals surface area (Å²) in [5.41, 5.74) is 0. The third kappa shape index (κ3) is 2.44. The number of hydrogen-bond acceptors (Lipinski definition) is 5. The first-order chi connectivity index (χ1) is 5.88. The van der Waals surface area contributed by atoms with Crippen LogP contribution in [0.4, 0.5) is 5.13 Å². The second-order valence-electron chi connectivity index (χ2n) is 2.25. The van der Waals surface area contributed by atoms with Crippen LogP contribution in [0.25, 0.3) is 0 Å². The highest BCUT2D eigenvalue weighted by Gasteiger charge is 2.06. The van der Waals surface area contributed by atoms with E-state index >= 15 is 0 Å². The normalized spacial score (nSPS) is 10.2. The van der Waals surface area contributed by atoms with Gasteiger partial charge in [-0.15, -0.1) is 11.3 Å². The van der Waals surface area contributed by atoms with E-state index in [1.54, 1.807) is 6.20 Å². The fourth-order valence-electron chi connectivity index (χ4n) is 0.917. The Labute approximate surface area is 75.1 Å². The van der Waals surface area contributed by atoms with Gasteiger partial charge in [-0.05, 0) is 0 Å². The van der Waals surface area contributed by atoms with Crippen molar-refractivity contribution >= 4 is 16.5 Å². The molecule has 1 heterocycles. The van der Waals surface area contributed by atoms with Crippen LogP contribution in [0.2, 0.25) is 0 Å². The summed E-state index contributed by atoms with van der Waals surface area (Å²) in [7, 11) is 0. The first-order valence-electron chi connectivity index (χ1n) is 3.74. The van der Waals surface area contributed by atoms with Crippen molar-refractivity contribution in [2.24, 2.45) is 0 Å². The summed E-state index contributed by atoms with van der Waals surface area (Å²) in [6.45, 7) is 1.21. The first-order valence-corrected chi connectivity index (χ1v) is 4.62. The zero-order chi connectivity index (χ0) is 8.81. The van der Waals surface area contributed by atoms with Crippen molar-refractivity contribution in [1.82, 2.24) is 4.98 Å². The molecule has 0 atom stereocenters. The topological polar surface area (TPSA) is 56.6 Å². The van der Waals surface area contributed by atoms with E-state index in [0.717, 1.165) is 5.13 Å².